The lowest BCUT2D eigenvalue weighted by Gasteiger charge is -2.36. The fourth-order valence-corrected chi connectivity index (χ4v) is 5.52. The molecule has 1 aromatic heterocycles. The number of nitrogens with zero attached hydrogens (tertiary/aromatic N) is 2. The first-order valence-corrected chi connectivity index (χ1v) is 10.6. The lowest BCUT2D eigenvalue weighted by Crippen LogP contribution is -2.40. The van der Waals surface area contributed by atoms with Crippen molar-refractivity contribution in [2.75, 3.05) is 13.7 Å². The molecular weight excluding hydrogens is 372 g/mol. The summed E-state index contributed by atoms with van der Waals surface area (Å²) in [5.74, 6) is 0.675. The highest BCUT2D eigenvalue weighted by Gasteiger charge is 2.37. The van der Waals surface area contributed by atoms with Crippen molar-refractivity contribution < 1.29 is 13.2 Å². The Morgan fingerprint density at radius 2 is 1.82 bits per heavy atom. The van der Waals surface area contributed by atoms with Crippen LogP contribution in [0, 0.1) is 6.92 Å². The van der Waals surface area contributed by atoms with E-state index < -0.39 is 10.0 Å². The molecule has 1 atom stereocenters. The van der Waals surface area contributed by atoms with Crippen LogP contribution in [0.5, 0.6) is 5.75 Å². The Bertz CT molecular complexity index is 1100. The van der Waals surface area contributed by atoms with Crippen molar-refractivity contribution in [1.82, 2.24) is 9.29 Å². The van der Waals surface area contributed by atoms with E-state index in [0.717, 1.165) is 16.7 Å². The third kappa shape index (κ3) is 3.19. The molecule has 0 saturated heterocycles. The molecule has 0 aliphatic carbocycles. The van der Waals surface area contributed by atoms with Gasteiger partial charge in [0.1, 0.15) is 5.75 Å². The predicted octanol–water partition coefficient (Wildman–Crippen LogP) is 3.74. The quantitative estimate of drug-likeness (QED) is 0.676. The minimum atomic E-state index is -3.69. The molecular formula is C22H22N2O3S. The smallest absolute Gasteiger partial charge is 0.243 e. The molecule has 28 heavy (non-hydrogen) atoms. The molecule has 0 radical (unpaired) electrons. The third-order valence-corrected chi connectivity index (χ3v) is 7.09. The Balaban J connectivity index is 1.84. The molecule has 0 saturated carbocycles. The van der Waals surface area contributed by atoms with Crippen LogP contribution >= 0.6 is 0 Å². The van der Waals surface area contributed by atoms with Crippen molar-refractivity contribution >= 4 is 10.0 Å². The maximum Gasteiger partial charge on any atom is 0.243 e. The van der Waals surface area contributed by atoms with E-state index in [2.05, 4.69) is 11.1 Å². The fraction of sp³-hybridized carbons (Fsp3) is 0.227. The number of aryl methyl sites for hydroxylation is 1. The highest BCUT2D eigenvalue weighted by molar-refractivity contribution is 7.89. The number of ether oxygens (including phenoxy) is 1. The first-order valence-electron chi connectivity index (χ1n) is 9.16. The van der Waals surface area contributed by atoms with Gasteiger partial charge in [0, 0.05) is 18.9 Å². The van der Waals surface area contributed by atoms with E-state index in [0.29, 0.717) is 18.7 Å². The first-order chi connectivity index (χ1) is 13.5. The molecule has 2 heterocycles. The van der Waals surface area contributed by atoms with Crippen LogP contribution in [0.4, 0.5) is 0 Å². The van der Waals surface area contributed by atoms with Gasteiger partial charge in [-0.1, -0.05) is 24.3 Å². The maximum absolute atomic E-state index is 13.6. The molecule has 6 heteroatoms. The normalized spacial score (nSPS) is 17.1. The lowest BCUT2D eigenvalue weighted by atomic mass is 9.90. The van der Waals surface area contributed by atoms with Crippen molar-refractivity contribution in [1.29, 1.82) is 0 Å². The van der Waals surface area contributed by atoms with Crippen LogP contribution in [-0.2, 0) is 16.4 Å². The number of sulfonamides is 1. The van der Waals surface area contributed by atoms with Crippen LogP contribution in [0.2, 0.25) is 0 Å². The molecule has 2 aromatic carbocycles. The summed E-state index contributed by atoms with van der Waals surface area (Å²) in [7, 11) is -2.11. The van der Waals surface area contributed by atoms with Crippen LogP contribution in [-0.4, -0.2) is 31.4 Å². The van der Waals surface area contributed by atoms with Crippen molar-refractivity contribution in [2.45, 2.75) is 24.3 Å². The van der Waals surface area contributed by atoms with Gasteiger partial charge in [-0.25, -0.2) is 8.42 Å². The van der Waals surface area contributed by atoms with Crippen LogP contribution in [0.15, 0.2) is 71.9 Å². The Morgan fingerprint density at radius 3 is 2.54 bits per heavy atom. The topological polar surface area (TPSA) is 59.5 Å². The number of hydrogen-bond acceptors (Lipinski definition) is 4. The van der Waals surface area contributed by atoms with Gasteiger partial charge in [-0.15, -0.1) is 0 Å². The van der Waals surface area contributed by atoms with E-state index in [4.69, 9.17) is 4.74 Å². The lowest BCUT2D eigenvalue weighted by molar-refractivity contribution is 0.344. The van der Waals surface area contributed by atoms with Crippen molar-refractivity contribution in [3.63, 3.8) is 0 Å². The number of benzene rings is 2. The van der Waals surface area contributed by atoms with E-state index in [9.17, 15) is 8.42 Å². The molecule has 0 bridgehead atoms. The van der Waals surface area contributed by atoms with Gasteiger partial charge in [-0.05, 0) is 65.9 Å². The molecule has 0 N–H and O–H groups in total. The zero-order valence-corrected chi connectivity index (χ0v) is 16.7. The van der Waals surface area contributed by atoms with Gasteiger partial charge in [0.25, 0.3) is 0 Å². The molecule has 5 nitrogen and oxygen atoms in total. The molecule has 1 aliphatic rings. The monoisotopic (exact) mass is 394 g/mol. The van der Waals surface area contributed by atoms with Crippen LogP contribution < -0.4 is 4.74 Å². The highest BCUT2D eigenvalue weighted by atomic mass is 32.2. The van der Waals surface area contributed by atoms with Crippen molar-refractivity contribution in [3.8, 4) is 5.75 Å². The Labute approximate surface area is 165 Å². The average molecular weight is 394 g/mol. The number of hydrogen-bond donors (Lipinski definition) is 0. The zero-order chi connectivity index (χ0) is 19.7. The second-order valence-corrected chi connectivity index (χ2v) is 8.77. The van der Waals surface area contributed by atoms with E-state index in [1.165, 1.54) is 5.56 Å². The van der Waals surface area contributed by atoms with Gasteiger partial charge >= 0.3 is 0 Å². The van der Waals surface area contributed by atoms with Crippen molar-refractivity contribution in [2.24, 2.45) is 0 Å². The molecule has 0 spiro atoms. The molecule has 0 amide bonds. The van der Waals surface area contributed by atoms with Crippen LogP contribution in [0.1, 0.15) is 28.3 Å². The Hall–Kier alpha value is -2.70. The van der Waals surface area contributed by atoms with Gasteiger partial charge in [-0.3, -0.25) is 4.98 Å². The SMILES string of the molecule is COc1ccc(S(=O)(=O)N2CCc3ccccc3C2c2ccncc2)cc1C. The van der Waals surface area contributed by atoms with E-state index >= 15 is 0 Å². The van der Waals surface area contributed by atoms with E-state index in [1.807, 2.05) is 37.3 Å². The standard InChI is InChI=1S/C22H22N2O3S/c1-16-15-19(7-8-21(16)27-2)28(25,26)24-14-11-17-5-3-4-6-20(17)22(24)18-9-12-23-13-10-18/h3-10,12-13,15,22H,11,14H2,1-2H3. The predicted molar refractivity (Wildman–Crippen MR) is 108 cm³/mol. The molecule has 144 valence electrons. The van der Waals surface area contributed by atoms with Crippen molar-refractivity contribution in [3.05, 3.63) is 89.2 Å². The fourth-order valence-electron chi connectivity index (χ4n) is 3.84. The summed E-state index contributed by atoms with van der Waals surface area (Å²) in [6.07, 6.45) is 4.09. The minimum Gasteiger partial charge on any atom is -0.496 e. The summed E-state index contributed by atoms with van der Waals surface area (Å²) in [6, 6.07) is 16.4. The molecule has 1 unspecified atom stereocenters. The van der Waals surface area contributed by atoms with E-state index in [-0.39, 0.29) is 10.9 Å². The molecule has 1 aliphatic heterocycles. The number of rotatable bonds is 4. The second kappa shape index (κ2) is 7.37. The molecule has 3 aromatic rings. The zero-order valence-electron chi connectivity index (χ0n) is 15.9. The van der Waals surface area contributed by atoms with Gasteiger partial charge < -0.3 is 4.74 Å². The summed E-state index contributed by atoms with van der Waals surface area (Å²) in [6.45, 7) is 2.28. The van der Waals surface area contributed by atoms with Gasteiger partial charge in [-0.2, -0.15) is 4.31 Å². The van der Waals surface area contributed by atoms with Crippen LogP contribution in [0.25, 0.3) is 0 Å². The number of methoxy groups -OCH3 is 1. The third-order valence-electron chi connectivity index (χ3n) is 5.23. The summed E-state index contributed by atoms with van der Waals surface area (Å²) >= 11 is 0. The summed E-state index contributed by atoms with van der Waals surface area (Å²) in [5.41, 5.74) is 3.91. The second-order valence-electron chi connectivity index (χ2n) is 6.88. The molecule has 0 fully saturated rings. The van der Waals surface area contributed by atoms with E-state index in [1.54, 1.807) is 42.0 Å². The van der Waals surface area contributed by atoms with Gasteiger partial charge in [0.2, 0.25) is 10.0 Å². The Morgan fingerprint density at radius 1 is 1.07 bits per heavy atom. The Kier molecular flexibility index (Phi) is 4.91. The summed E-state index contributed by atoms with van der Waals surface area (Å²) in [5, 5.41) is 0. The summed E-state index contributed by atoms with van der Waals surface area (Å²) in [4.78, 5) is 4.37. The number of fused-ring (bicyclic) bond motifs is 1. The van der Waals surface area contributed by atoms with Gasteiger partial charge in [0.15, 0.2) is 0 Å². The number of aromatic nitrogens is 1. The van der Waals surface area contributed by atoms with Crippen LogP contribution in [0.3, 0.4) is 0 Å². The van der Waals surface area contributed by atoms with Gasteiger partial charge in [0.05, 0.1) is 18.0 Å². The average Bonchev–Trinajstić information content (AvgIpc) is 2.73. The first kappa shape index (κ1) is 18.7. The largest absolute Gasteiger partial charge is 0.496 e. The number of pyridine rings is 1. The minimum absolute atomic E-state index is 0.282. The highest BCUT2D eigenvalue weighted by Crippen LogP contribution is 2.38. The molecule has 4 rings (SSSR count). The maximum atomic E-state index is 13.6. The summed E-state index contributed by atoms with van der Waals surface area (Å²) < 4.78 is 34.1.